The zero-order valence-corrected chi connectivity index (χ0v) is 72.5. The van der Waals surface area contributed by atoms with Crippen LogP contribution >= 0.6 is 15.6 Å². The van der Waals surface area contributed by atoms with Crippen molar-refractivity contribution in [2.75, 3.05) is 39.6 Å². The number of carbonyl (C=O) groups excluding carboxylic acids is 3. The Bertz CT molecular complexity index is 2780. The fraction of sp³-hybridized carbons (Fsp3) is 0.653. The van der Waals surface area contributed by atoms with E-state index in [9.17, 15) is 43.5 Å². The van der Waals surface area contributed by atoms with Crippen LogP contribution in [0.25, 0.3) is 0 Å². The number of hydrogen-bond acceptors (Lipinski definition) is 14. The van der Waals surface area contributed by atoms with Crippen molar-refractivity contribution in [2.45, 2.75) is 360 Å². The second kappa shape index (κ2) is 86.0. The van der Waals surface area contributed by atoms with Crippen molar-refractivity contribution >= 4 is 33.6 Å². The molecule has 113 heavy (non-hydrogen) atoms. The molecule has 4 N–H and O–H groups in total. The molecule has 0 radical (unpaired) electrons. The second-order valence-corrected chi connectivity index (χ2v) is 31.8. The van der Waals surface area contributed by atoms with E-state index in [0.29, 0.717) is 19.3 Å². The van der Waals surface area contributed by atoms with Gasteiger partial charge in [0.2, 0.25) is 0 Å². The van der Waals surface area contributed by atoms with Gasteiger partial charge in [-0.1, -0.05) is 344 Å². The minimum Gasteiger partial charge on any atom is -0.463 e. The van der Waals surface area contributed by atoms with Crippen LogP contribution in [-0.4, -0.2) is 95.9 Å². The Morgan fingerprint density at radius 1 is 0.257 bits per heavy atom. The van der Waals surface area contributed by atoms with Crippen molar-refractivity contribution < 1.29 is 75.8 Å². The van der Waals surface area contributed by atoms with Crippen LogP contribution < -0.4 is 0 Å². The highest BCUT2D eigenvalue weighted by atomic mass is 31.2. The molecule has 0 bridgehead atoms. The molecule has 16 nitrogen and oxygen atoms in total. The third-order valence-corrected chi connectivity index (χ3v) is 20.0. The molecule has 0 aliphatic heterocycles. The molecule has 0 saturated carbocycles. The number of ether oxygens (including phenoxy) is 3. The molecular formula is C95H158O16P2. The summed E-state index contributed by atoms with van der Waals surface area (Å²) in [5.41, 5.74) is 0. The highest BCUT2D eigenvalue weighted by Gasteiger charge is 2.29. The molecule has 644 valence electrons. The summed E-state index contributed by atoms with van der Waals surface area (Å²) in [7, 11) is -9.82. The standard InChI is InChI=1S/C95H158O16P2/c1-4-7-10-13-16-19-22-25-28-31-34-37-39-41-43-44-46-48-49-52-54-57-60-63-66-69-72-75-78-81-93(98)105-84-90(96)85-107-112(101,102)108-86-91(97)87-109-113(103,104)110-89-92(111-95(100)83-80-77-74-71-68-65-62-59-56-51-36-33-30-27-24-21-18-15-12-9-6-3)88-106-94(99)82-79-76-73-70-67-64-61-58-55-53-50-47-45-42-40-38-35-32-29-26-23-20-17-14-11-8-5-2/h8-9,11-12,16-21,25-30,34-38,41-43,45,50-51,53,59,62,90-92,96-97H,4-7,10,13-15,22-24,31-33,39-40,44,46-49,52,54-58,60-61,63-89H2,1-3H3,(H,101,102)(H,103,104)/b11-8-,12-9-,19-16-,20-17-,21-18-,28-25-,29-26-,30-27-,37-34-,38-35-,43-41-,45-42-,51-36-,53-50-,62-59-. The normalized spacial score (nSPS) is 14.7. The van der Waals surface area contributed by atoms with Crippen molar-refractivity contribution in [3.8, 4) is 0 Å². The molecule has 0 aromatic carbocycles. The van der Waals surface area contributed by atoms with Crippen LogP contribution in [0.4, 0.5) is 0 Å². The van der Waals surface area contributed by atoms with E-state index >= 15 is 0 Å². The molecule has 0 aromatic rings. The van der Waals surface area contributed by atoms with Gasteiger partial charge in [0.15, 0.2) is 6.10 Å². The van der Waals surface area contributed by atoms with Crippen molar-refractivity contribution in [3.05, 3.63) is 182 Å². The first-order valence-corrected chi connectivity index (χ1v) is 47.1. The van der Waals surface area contributed by atoms with Gasteiger partial charge in [-0.05, 0) is 161 Å². The van der Waals surface area contributed by atoms with Gasteiger partial charge in [-0.25, -0.2) is 9.13 Å². The Balaban J connectivity index is 4.66. The summed E-state index contributed by atoms with van der Waals surface area (Å²) in [5, 5.41) is 20.7. The summed E-state index contributed by atoms with van der Waals surface area (Å²) >= 11 is 0. The van der Waals surface area contributed by atoms with Crippen LogP contribution in [0.2, 0.25) is 0 Å². The molecule has 0 rings (SSSR count). The molecule has 0 saturated heterocycles. The lowest BCUT2D eigenvalue weighted by atomic mass is 10.0. The second-order valence-electron chi connectivity index (χ2n) is 28.9. The third kappa shape index (κ3) is 87.3. The van der Waals surface area contributed by atoms with Crippen molar-refractivity contribution in [3.63, 3.8) is 0 Å². The molecule has 5 atom stereocenters. The maximum Gasteiger partial charge on any atom is 0.472 e. The highest BCUT2D eigenvalue weighted by Crippen LogP contribution is 2.45. The summed E-state index contributed by atoms with van der Waals surface area (Å²) in [6.07, 6.45) is 112. The number of unbranched alkanes of at least 4 members (excludes halogenated alkanes) is 29. The first kappa shape index (κ1) is 108. The Labute approximate surface area is 687 Å². The van der Waals surface area contributed by atoms with E-state index in [-0.39, 0.29) is 19.3 Å². The summed E-state index contributed by atoms with van der Waals surface area (Å²) in [6.45, 7) is 2.41. The van der Waals surface area contributed by atoms with Crippen LogP contribution in [-0.2, 0) is 55.8 Å². The fourth-order valence-electron chi connectivity index (χ4n) is 11.5. The summed E-state index contributed by atoms with van der Waals surface area (Å²) < 4.78 is 61.4. The van der Waals surface area contributed by atoms with Gasteiger partial charge >= 0.3 is 33.6 Å². The number of hydrogen-bond donors (Lipinski definition) is 4. The molecule has 5 unspecified atom stereocenters. The predicted molar refractivity (Wildman–Crippen MR) is 472 cm³/mol. The number of allylic oxidation sites excluding steroid dienone is 30. The predicted octanol–water partition coefficient (Wildman–Crippen LogP) is 26.9. The number of rotatable bonds is 82. The summed E-state index contributed by atoms with van der Waals surface area (Å²) in [6, 6.07) is 0. The summed E-state index contributed by atoms with van der Waals surface area (Å²) in [4.78, 5) is 58.9. The maximum atomic E-state index is 13.0. The average molecular weight is 1620 g/mol. The zero-order valence-electron chi connectivity index (χ0n) is 70.7. The van der Waals surface area contributed by atoms with Crippen LogP contribution in [0.1, 0.15) is 342 Å². The van der Waals surface area contributed by atoms with Gasteiger partial charge in [0, 0.05) is 19.3 Å². The molecule has 0 aromatic heterocycles. The number of aliphatic hydroxyl groups is 2. The Morgan fingerprint density at radius 2 is 0.469 bits per heavy atom. The van der Waals surface area contributed by atoms with E-state index in [1.807, 2.05) is 0 Å². The Hall–Kier alpha value is -5.35. The van der Waals surface area contributed by atoms with Crippen molar-refractivity contribution in [1.82, 2.24) is 0 Å². The smallest absolute Gasteiger partial charge is 0.463 e. The van der Waals surface area contributed by atoms with Gasteiger partial charge in [-0.15, -0.1) is 0 Å². The van der Waals surface area contributed by atoms with Crippen molar-refractivity contribution in [2.24, 2.45) is 0 Å². The molecule has 0 amide bonds. The maximum absolute atomic E-state index is 13.0. The van der Waals surface area contributed by atoms with Crippen LogP contribution in [0, 0.1) is 0 Å². The number of esters is 3. The number of phosphoric acid groups is 2. The van der Waals surface area contributed by atoms with Gasteiger partial charge in [-0.3, -0.25) is 32.5 Å². The van der Waals surface area contributed by atoms with E-state index < -0.39 is 91.5 Å². The van der Waals surface area contributed by atoms with Gasteiger partial charge in [0.05, 0.1) is 26.4 Å². The lowest BCUT2D eigenvalue weighted by Crippen LogP contribution is -2.30. The molecule has 0 fully saturated rings. The van der Waals surface area contributed by atoms with Gasteiger partial charge in [0.25, 0.3) is 0 Å². The largest absolute Gasteiger partial charge is 0.472 e. The first-order valence-electron chi connectivity index (χ1n) is 44.1. The van der Waals surface area contributed by atoms with Crippen LogP contribution in [0.5, 0.6) is 0 Å². The molecule has 0 spiro atoms. The number of phosphoric ester groups is 2. The Kier molecular flexibility index (Phi) is 81.9. The van der Waals surface area contributed by atoms with Crippen LogP contribution in [0.15, 0.2) is 182 Å². The molecule has 18 heteroatoms. The lowest BCUT2D eigenvalue weighted by Gasteiger charge is -2.21. The van der Waals surface area contributed by atoms with Gasteiger partial charge in [0.1, 0.15) is 25.4 Å². The first-order chi connectivity index (χ1) is 55.2. The van der Waals surface area contributed by atoms with E-state index in [0.717, 1.165) is 193 Å². The topological polar surface area (TPSA) is 231 Å². The quantitative estimate of drug-likeness (QED) is 0.0146. The summed E-state index contributed by atoms with van der Waals surface area (Å²) in [5.74, 6) is -1.61. The van der Waals surface area contributed by atoms with Gasteiger partial charge in [-0.2, -0.15) is 0 Å². The zero-order chi connectivity index (χ0) is 82.2. The minimum absolute atomic E-state index is 0.0736. The molecular weight excluding hydrogens is 1460 g/mol. The fourth-order valence-corrected chi connectivity index (χ4v) is 13.1. The van der Waals surface area contributed by atoms with Crippen molar-refractivity contribution in [1.29, 1.82) is 0 Å². The van der Waals surface area contributed by atoms with Gasteiger partial charge < -0.3 is 34.2 Å². The molecule has 0 aliphatic carbocycles. The molecule has 0 aliphatic rings. The van der Waals surface area contributed by atoms with E-state index in [1.54, 1.807) is 0 Å². The lowest BCUT2D eigenvalue weighted by molar-refractivity contribution is -0.161. The van der Waals surface area contributed by atoms with E-state index in [4.69, 9.17) is 32.3 Å². The van der Waals surface area contributed by atoms with E-state index in [1.165, 1.54) is 89.9 Å². The highest BCUT2D eigenvalue weighted by molar-refractivity contribution is 7.47. The third-order valence-electron chi connectivity index (χ3n) is 18.1. The molecule has 0 heterocycles. The number of carbonyl (C=O) groups is 3. The van der Waals surface area contributed by atoms with Crippen LogP contribution in [0.3, 0.4) is 0 Å². The average Bonchev–Trinajstić information content (AvgIpc) is 0.898. The monoisotopic (exact) mass is 1620 g/mol. The Morgan fingerprint density at radius 3 is 0.743 bits per heavy atom. The SMILES string of the molecule is CC/C=C\C/C=C\C/C=C\C/C=C\C/C=C\C/C=C\CCCCCCCCCCC(=O)OCC(COP(=O)(O)OCC(O)COP(=O)(O)OCC(O)COC(=O)CCCCCCCCCCCCCCC/C=C\C/C=C\C/C=C\C/C=C\CCCCC)OC(=O)CCCCCCC/C=C\C/C=C\C/C=C\C/C=C\C/C=C\CC. The number of aliphatic hydroxyl groups excluding tert-OH is 2. The van der Waals surface area contributed by atoms with E-state index in [2.05, 4.69) is 203 Å². The minimum atomic E-state index is -4.95.